The van der Waals surface area contributed by atoms with Gasteiger partial charge in [-0.3, -0.25) is 0 Å². The van der Waals surface area contributed by atoms with Crippen LogP contribution in [0.3, 0.4) is 0 Å². The Morgan fingerprint density at radius 1 is 0.873 bits per heavy atom. The van der Waals surface area contributed by atoms with Crippen LogP contribution in [0, 0.1) is 11.8 Å². The molecule has 2 aliphatic rings. The topological polar surface area (TPSA) is 138 Å². The Balaban J connectivity index is 1.53. The van der Waals surface area contributed by atoms with Crippen molar-refractivity contribution in [3.63, 3.8) is 0 Å². The zero-order valence-corrected chi connectivity index (χ0v) is 34.8. The van der Waals surface area contributed by atoms with Crippen LogP contribution >= 0.6 is 8.46 Å². The predicted octanol–water partition coefficient (Wildman–Crippen LogP) is 6.19. The first kappa shape index (κ1) is 42.9. The third-order valence-corrected chi connectivity index (χ3v) is 17.5. The number of hydrogen-bond acceptors (Lipinski definition) is 9. The summed E-state index contributed by atoms with van der Waals surface area (Å²) in [6, 6.07) is 29.9. The molecule has 0 saturated carbocycles. The second-order valence-corrected chi connectivity index (χ2v) is 21.1. The van der Waals surface area contributed by atoms with Gasteiger partial charge in [-0.15, -0.1) is 0 Å². The molecular formula is C40H53B2N3O8PSi. The van der Waals surface area contributed by atoms with E-state index >= 15 is 0 Å². The number of nitrogens with zero attached hydrogens (tertiary/aromatic N) is 3. The van der Waals surface area contributed by atoms with Crippen LogP contribution in [0.25, 0.3) is 10.4 Å². The number of azide groups is 1. The Bertz CT molecular complexity index is 1680. The molecule has 0 N–H and O–H groups in total. The van der Waals surface area contributed by atoms with E-state index in [0.717, 1.165) is 23.0 Å². The number of carbonyl (C=O) groups excluding carboxylic acids is 1. The molecule has 2 aliphatic heterocycles. The predicted molar refractivity (Wildman–Crippen MR) is 219 cm³/mol. The molecular weight excluding hydrogens is 731 g/mol. The molecule has 0 aromatic heterocycles. The molecule has 0 aliphatic carbocycles. The van der Waals surface area contributed by atoms with E-state index < -0.39 is 51.0 Å². The molecule has 0 spiro atoms. The molecule has 55 heavy (non-hydrogen) atoms. The number of esters is 1. The van der Waals surface area contributed by atoms with E-state index in [1.165, 1.54) is 6.92 Å². The molecule has 2 heterocycles. The normalized spacial score (nSPS) is 28.6. The van der Waals surface area contributed by atoms with Gasteiger partial charge in [0.15, 0.2) is 0 Å². The molecule has 291 valence electrons. The van der Waals surface area contributed by atoms with Gasteiger partial charge in [0.05, 0.1) is 0 Å². The van der Waals surface area contributed by atoms with E-state index in [9.17, 15) is 15.0 Å². The molecule has 0 bridgehead atoms. The van der Waals surface area contributed by atoms with Gasteiger partial charge < -0.3 is 0 Å². The molecule has 2 saturated heterocycles. The SMILES string of the molecule is CC(=O)OCC1O[C@@H](C)C(C)[C@H](OCc2ccccc2)C1O[C@H]1OC(CO[Si](c2ccccc2)(c2ccccc2)C(C)(C)C)[C@@H](C)[C@H](P[B]B=O)C1N=[N+]=[N-]. The van der Waals surface area contributed by atoms with E-state index in [0.29, 0.717) is 6.61 Å². The van der Waals surface area contributed by atoms with Gasteiger partial charge in [-0.25, -0.2) is 0 Å². The van der Waals surface area contributed by atoms with Crippen LogP contribution in [0.2, 0.25) is 5.04 Å². The fourth-order valence-electron chi connectivity index (χ4n) is 7.87. The van der Waals surface area contributed by atoms with Crippen molar-refractivity contribution in [2.75, 3.05) is 13.2 Å². The summed E-state index contributed by atoms with van der Waals surface area (Å²) >= 11 is 0. The molecule has 3 aromatic rings. The average Bonchev–Trinajstić information content (AvgIpc) is 3.17. The summed E-state index contributed by atoms with van der Waals surface area (Å²) in [7, 11) is -2.16. The van der Waals surface area contributed by atoms with Gasteiger partial charge >= 0.3 is 312 Å². The average molecular weight is 785 g/mol. The number of carbonyl (C=O) groups is 1. The zero-order valence-electron chi connectivity index (χ0n) is 32.8. The van der Waals surface area contributed by atoms with Crippen molar-refractivity contribution in [2.45, 2.75) is 109 Å². The van der Waals surface area contributed by atoms with E-state index in [-0.39, 0.29) is 50.3 Å². The maximum absolute atomic E-state index is 12.0. The second kappa shape index (κ2) is 19.8. The Morgan fingerprint density at radius 2 is 1.47 bits per heavy atom. The fourth-order valence-corrected chi connectivity index (χ4v) is 13.7. The molecule has 11 atom stereocenters. The van der Waals surface area contributed by atoms with Gasteiger partial charge in [0.1, 0.15) is 0 Å². The summed E-state index contributed by atoms with van der Waals surface area (Å²) in [6.45, 7) is 16.1. The molecule has 5 rings (SSSR count). The molecule has 3 aromatic carbocycles. The molecule has 1 radical (unpaired) electrons. The van der Waals surface area contributed by atoms with Crippen LogP contribution in [0.5, 0.6) is 0 Å². The van der Waals surface area contributed by atoms with Crippen molar-refractivity contribution >= 4 is 47.0 Å². The van der Waals surface area contributed by atoms with E-state index in [4.69, 9.17) is 28.1 Å². The van der Waals surface area contributed by atoms with Crippen molar-refractivity contribution in [3.05, 3.63) is 107 Å². The van der Waals surface area contributed by atoms with Gasteiger partial charge in [0, 0.05) is 0 Å². The van der Waals surface area contributed by atoms with E-state index in [2.05, 4.69) is 62.0 Å². The third-order valence-electron chi connectivity index (χ3n) is 10.9. The maximum atomic E-state index is 12.0. The van der Waals surface area contributed by atoms with Crippen molar-refractivity contribution in [1.29, 1.82) is 0 Å². The molecule has 0 amide bonds. The third kappa shape index (κ3) is 10.2. The summed E-state index contributed by atoms with van der Waals surface area (Å²) in [4.78, 5) is 15.3. The zero-order chi connectivity index (χ0) is 39.6. The van der Waals surface area contributed by atoms with Crippen molar-refractivity contribution in [1.82, 2.24) is 0 Å². The number of ether oxygens (including phenoxy) is 5. The van der Waals surface area contributed by atoms with Crippen molar-refractivity contribution in [3.8, 4) is 0 Å². The summed E-state index contributed by atoms with van der Waals surface area (Å²) in [5.41, 5.74) is 10.6. The summed E-state index contributed by atoms with van der Waals surface area (Å²) in [5, 5.41) is 6.25. The Morgan fingerprint density at radius 3 is 2.02 bits per heavy atom. The van der Waals surface area contributed by atoms with Crippen molar-refractivity contribution in [2.24, 2.45) is 17.0 Å². The van der Waals surface area contributed by atoms with Crippen molar-refractivity contribution < 1.29 is 37.6 Å². The number of benzene rings is 3. The van der Waals surface area contributed by atoms with Gasteiger partial charge in [-0.05, 0) is 0 Å². The quantitative estimate of drug-likeness (QED) is 0.0419. The van der Waals surface area contributed by atoms with Crippen LogP contribution < -0.4 is 10.4 Å². The van der Waals surface area contributed by atoms with E-state index in [1.54, 1.807) is 6.89 Å². The second-order valence-electron chi connectivity index (χ2n) is 15.5. The Hall–Kier alpha value is -3.18. The summed E-state index contributed by atoms with van der Waals surface area (Å²) < 4.78 is 51.5. The van der Waals surface area contributed by atoms with Crippen LogP contribution in [-0.2, 0) is 44.2 Å². The first-order valence-electron chi connectivity index (χ1n) is 19.0. The molecule has 15 heteroatoms. The standard InChI is InChI=1S/C40H53B2N3O8PSi/c1-26-28(3)51-34(24-48-29(4)46)37(36(26)49-23-30-17-11-8-12-18-30)53-39-35(44-45-43)38(54-42-41-47)27(2)33(52-39)25-50-55(40(5,6)7,31-19-13-9-14-20-31)32-21-15-10-16-22-32/h8-22,26-28,33-39,54H,23-25H2,1-7H3/t26?,27-,28+,33?,34?,35?,36+,37?,38+,39-/m1/s1. The van der Waals surface area contributed by atoms with Crippen LogP contribution in [0.1, 0.15) is 54.0 Å². The van der Waals surface area contributed by atoms with Gasteiger partial charge in [-0.1, -0.05) is 18.2 Å². The molecule has 6 unspecified atom stereocenters. The van der Waals surface area contributed by atoms with Crippen LogP contribution in [0.4, 0.5) is 0 Å². The minimum atomic E-state index is -2.96. The Labute approximate surface area is 329 Å². The molecule has 2 fully saturated rings. The van der Waals surface area contributed by atoms with Crippen LogP contribution in [-0.4, -0.2) is 89.9 Å². The van der Waals surface area contributed by atoms with Gasteiger partial charge in [0.2, 0.25) is 0 Å². The van der Waals surface area contributed by atoms with Gasteiger partial charge in [0.25, 0.3) is 0 Å². The first-order valence-corrected chi connectivity index (χ1v) is 22.0. The number of hydrogen-bond donors (Lipinski definition) is 0. The first-order chi connectivity index (χ1) is 26.4. The van der Waals surface area contributed by atoms with Crippen LogP contribution in [0.15, 0.2) is 96.1 Å². The number of rotatable bonds is 16. The monoisotopic (exact) mass is 784 g/mol. The molecule has 11 nitrogen and oxygen atoms in total. The Kier molecular flexibility index (Phi) is 15.5. The summed E-state index contributed by atoms with van der Waals surface area (Å²) in [6.07, 6.45) is -3.81. The van der Waals surface area contributed by atoms with Gasteiger partial charge in [-0.2, -0.15) is 0 Å². The minimum absolute atomic E-state index is 0.0250. The summed E-state index contributed by atoms with van der Waals surface area (Å²) in [5.74, 6) is -0.763. The fraction of sp³-hybridized carbons (Fsp3) is 0.525. The van der Waals surface area contributed by atoms with E-state index in [1.807, 2.05) is 80.6 Å².